The van der Waals surface area contributed by atoms with Gasteiger partial charge in [-0.15, -0.1) is 0 Å². The number of aryl methyl sites for hydroxylation is 1. The lowest BCUT2D eigenvalue weighted by molar-refractivity contribution is 0.112. The Balaban J connectivity index is 2.33. The van der Waals surface area contributed by atoms with Gasteiger partial charge in [-0.25, -0.2) is 0 Å². The number of phenols is 1. The normalized spacial score (nSPS) is 10.8. The van der Waals surface area contributed by atoms with Gasteiger partial charge >= 0.3 is 0 Å². The zero-order valence-corrected chi connectivity index (χ0v) is 12.3. The van der Waals surface area contributed by atoms with E-state index in [9.17, 15) is 14.7 Å². The van der Waals surface area contributed by atoms with Gasteiger partial charge in [0.05, 0.1) is 21.5 Å². The van der Waals surface area contributed by atoms with Crippen LogP contribution in [0.2, 0.25) is 5.02 Å². The number of halogens is 1. The lowest BCUT2D eigenvalue weighted by Crippen LogP contribution is -2.06. The summed E-state index contributed by atoms with van der Waals surface area (Å²) in [6, 6.07) is 7.81. The Morgan fingerprint density at radius 2 is 2.00 bits per heavy atom. The predicted octanol–water partition coefficient (Wildman–Crippen LogP) is 3.94. The summed E-state index contributed by atoms with van der Waals surface area (Å²) in [5.41, 5.74) is 1.76. The molecule has 0 atom stereocenters. The second kappa shape index (κ2) is 5.31. The fraction of sp³-hybridized carbons (Fsp3) is 0.0588. The molecule has 1 aromatic heterocycles. The molecule has 3 rings (SSSR count). The van der Waals surface area contributed by atoms with Gasteiger partial charge in [0.1, 0.15) is 17.6 Å². The molecular weight excluding hydrogens is 304 g/mol. The van der Waals surface area contributed by atoms with Gasteiger partial charge < -0.3 is 9.52 Å². The fourth-order valence-electron chi connectivity index (χ4n) is 2.30. The van der Waals surface area contributed by atoms with Gasteiger partial charge in [-0.1, -0.05) is 23.7 Å². The van der Waals surface area contributed by atoms with E-state index in [4.69, 9.17) is 16.0 Å². The molecule has 1 N–H and O–H groups in total. The zero-order valence-electron chi connectivity index (χ0n) is 11.6. The molecule has 0 radical (unpaired) electrons. The molecule has 0 saturated heterocycles. The molecular formula is C17H11ClO4. The van der Waals surface area contributed by atoms with Crippen molar-refractivity contribution in [2.45, 2.75) is 6.92 Å². The number of phenolic OH excluding ortho intramolecular Hbond substituents is 1. The minimum atomic E-state index is -0.280. The van der Waals surface area contributed by atoms with Gasteiger partial charge in [-0.05, 0) is 36.2 Å². The van der Waals surface area contributed by atoms with Crippen LogP contribution in [0.1, 0.15) is 15.9 Å². The molecule has 110 valence electrons. The number of benzene rings is 2. The second-order valence-corrected chi connectivity index (χ2v) is 5.32. The number of hydrogen-bond donors (Lipinski definition) is 1. The van der Waals surface area contributed by atoms with E-state index in [0.717, 1.165) is 5.56 Å². The maximum absolute atomic E-state index is 12.7. The van der Waals surface area contributed by atoms with Gasteiger partial charge in [-0.3, -0.25) is 9.59 Å². The number of carbonyl (C=O) groups excluding carboxylic acids is 1. The topological polar surface area (TPSA) is 67.5 Å². The highest BCUT2D eigenvalue weighted by Gasteiger charge is 2.14. The average molecular weight is 315 g/mol. The molecule has 4 nitrogen and oxygen atoms in total. The molecule has 0 spiro atoms. The maximum atomic E-state index is 12.7. The zero-order chi connectivity index (χ0) is 15.9. The van der Waals surface area contributed by atoms with E-state index in [1.165, 1.54) is 18.4 Å². The van der Waals surface area contributed by atoms with Crippen LogP contribution < -0.4 is 5.43 Å². The van der Waals surface area contributed by atoms with Crippen LogP contribution in [0.5, 0.6) is 5.75 Å². The smallest absolute Gasteiger partial charge is 0.202 e. The molecule has 5 heteroatoms. The van der Waals surface area contributed by atoms with Gasteiger partial charge in [0.15, 0.2) is 6.29 Å². The summed E-state index contributed by atoms with van der Waals surface area (Å²) in [5, 5.41) is 10.2. The van der Waals surface area contributed by atoms with E-state index in [1.54, 1.807) is 25.1 Å². The highest BCUT2D eigenvalue weighted by Crippen LogP contribution is 2.28. The molecule has 0 aliphatic carbocycles. The third kappa shape index (κ3) is 2.18. The van der Waals surface area contributed by atoms with Crippen LogP contribution >= 0.6 is 11.6 Å². The SMILES string of the molecule is Cc1ccc2occ(-c3ccc(O)c(C=O)c3)c(=O)c2c1Cl. The van der Waals surface area contributed by atoms with E-state index in [1.807, 2.05) is 0 Å². The summed E-state index contributed by atoms with van der Waals surface area (Å²) in [6.45, 7) is 1.80. The molecule has 0 amide bonds. The predicted molar refractivity (Wildman–Crippen MR) is 84.7 cm³/mol. The van der Waals surface area contributed by atoms with Crippen LogP contribution in [0.15, 0.2) is 45.8 Å². The lowest BCUT2D eigenvalue weighted by atomic mass is 10.0. The summed E-state index contributed by atoms with van der Waals surface area (Å²) in [5.74, 6) is -0.141. The summed E-state index contributed by atoms with van der Waals surface area (Å²) < 4.78 is 5.48. The van der Waals surface area contributed by atoms with Gasteiger partial charge in [0.2, 0.25) is 5.43 Å². The van der Waals surface area contributed by atoms with Crippen molar-refractivity contribution in [2.24, 2.45) is 0 Å². The Kier molecular flexibility index (Phi) is 3.47. The number of aldehydes is 1. The van der Waals surface area contributed by atoms with Crippen molar-refractivity contribution < 1.29 is 14.3 Å². The van der Waals surface area contributed by atoms with E-state index in [2.05, 4.69) is 0 Å². The lowest BCUT2D eigenvalue weighted by Gasteiger charge is -2.07. The van der Waals surface area contributed by atoms with Gasteiger partial charge in [-0.2, -0.15) is 0 Å². The molecule has 0 aliphatic rings. The highest BCUT2D eigenvalue weighted by atomic mass is 35.5. The minimum absolute atomic E-state index is 0.104. The minimum Gasteiger partial charge on any atom is -0.507 e. The monoisotopic (exact) mass is 314 g/mol. The third-order valence-electron chi connectivity index (χ3n) is 3.54. The van der Waals surface area contributed by atoms with Crippen molar-refractivity contribution in [3.63, 3.8) is 0 Å². The highest BCUT2D eigenvalue weighted by molar-refractivity contribution is 6.36. The van der Waals surface area contributed by atoms with E-state index in [-0.39, 0.29) is 22.3 Å². The Morgan fingerprint density at radius 1 is 1.23 bits per heavy atom. The molecule has 0 aliphatic heterocycles. The van der Waals surface area contributed by atoms with Crippen LogP contribution in [0.25, 0.3) is 22.1 Å². The van der Waals surface area contributed by atoms with Crippen LogP contribution in [-0.2, 0) is 0 Å². The van der Waals surface area contributed by atoms with Crippen molar-refractivity contribution in [3.05, 3.63) is 63.0 Å². The number of aromatic hydroxyl groups is 1. The van der Waals surface area contributed by atoms with Crippen molar-refractivity contribution in [1.29, 1.82) is 0 Å². The molecule has 22 heavy (non-hydrogen) atoms. The first kappa shape index (κ1) is 14.4. The van der Waals surface area contributed by atoms with E-state index < -0.39 is 0 Å². The Morgan fingerprint density at radius 3 is 2.73 bits per heavy atom. The Labute approximate surface area is 130 Å². The van der Waals surface area contributed by atoms with Crippen molar-refractivity contribution >= 4 is 28.9 Å². The summed E-state index contributed by atoms with van der Waals surface area (Å²) in [4.78, 5) is 23.6. The second-order valence-electron chi connectivity index (χ2n) is 4.94. The first-order valence-electron chi connectivity index (χ1n) is 6.52. The van der Waals surface area contributed by atoms with Crippen molar-refractivity contribution in [2.75, 3.05) is 0 Å². The van der Waals surface area contributed by atoms with Crippen molar-refractivity contribution in [3.8, 4) is 16.9 Å². The van der Waals surface area contributed by atoms with Gasteiger partial charge in [0, 0.05) is 0 Å². The molecule has 0 fully saturated rings. The fourth-order valence-corrected chi connectivity index (χ4v) is 2.54. The number of carbonyl (C=O) groups is 1. The van der Waals surface area contributed by atoms with Crippen LogP contribution in [0.3, 0.4) is 0 Å². The Hall–Kier alpha value is -2.59. The standard InChI is InChI=1S/C17H11ClO4/c1-9-2-5-14-15(16(9)18)17(21)12(8-22-14)10-3-4-13(20)11(6-10)7-19/h2-8,20H,1H3. The van der Waals surface area contributed by atoms with Crippen LogP contribution in [0.4, 0.5) is 0 Å². The van der Waals surface area contributed by atoms with E-state index >= 15 is 0 Å². The largest absolute Gasteiger partial charge is 0.507 e. The molecule has 1 heterocycles. The average Bonchev–Trinajstić information content (AvgIpc) is 2.52. The quantitative estimate of drug-likeness (QED) is 0.727. The van der Waals surface area contributed by atoms with Crippen LogP contribution in [-0.4, -0.2) is 11.4 Å². The summed E-state index contributed by atoms with van der Waals surface area (Å²) in [6.07, 6.45) is 1.86. The maximum Gasteiger partial charge on any atom is 0.202 e. The summed E-state index contributed by atoms with van der Waals surface area (Å²) in [7, 11) is 0. The number of rotatable bonds is 2. The van der Waals surface area contributed by atoms with E-state index in [0.29, 0.717) is 27.8 Å². The molecule has 3 aromatic rings. The molecule has 0 saturated carbocycles. The number of fused-ring (bicyclic) bond motifs is 1. The number of hydrogen-bond acceptors (Lipinski definition) is 4. The van der Waals surface area contributed by atoms with Crippen LogP contribution in [0, 0.1) is 6.92 Å². The first-order chi connectivity index (χ1) is 10.5. The van der Waals surface area contributed by atoms with Crippen molar-refractivity contribution in [1.82, 2.24) is 0 Å². The Bertz CT molecular complexity index is 957. The molecule has 2 aromatic carbocycles. The molecule has 0 unspecified atom stereocenters. The third-order valence-corrected chi connectivity index (χ3v) is 4.02. The first-order valence-corrected chi connectivity index (χ1v) is 6.90. The molecule has 0 bridgehead atoms. The summed E-state index contributed by atoms with van der Waals surface area (Å²) >= 11 is 6.22. The van der Waals surface area contributed by atoms with Gasteiger partial charge in [0.25, 0.3) is 0 Å².